The van der Waals surface area contributed by atoms with Crippen molar-refractivity contribution in [2.24, 2.45) is 0 Å². The van der Waals surface area contributed by atoms with E-state index in [4.69, 9.17) is 23.8 Å². The van der Waals surface area contributed by atoms with Crippen molar-refractivity contribution in [2.45, 2.75) is 154 Å². The number of aliphatic hydroxyl groups is 2. The topological polar surface area (TPSA) is 216 Å². The van der Waals surface area contributed by atoms with Crippen LogP contribution in [0, 0.1) is 0 Å². The molecule has 14 nitrogen and oxygen atoms in total. The summed E-state index contributed by atoms with van der Waals surface area (Å²) in [5.41, 5.74) is 0. The Morgan fingerprint density at radius 3 is 1.55 bits per heavy atom. The average Bonchev–Trinajstić information content (AvgIpc) is 3.23. The summed E-state index contributed by atoms with van der Waals surface area (Å²) in [6.45, 7) is 1.47. The van der Waals surface area contributed by atoms with Crippen molar-refractivity contribution in [1.29, 1.82) is 0 Å². The van der Waals surface area contributed by atoms with Gasteiger partial charge in [-0.2, -0.15) is 0 Å². The van der Waals surface area contributed by atoms with Gasteiger partial charge in [0, 0.05) is 12.8 Å². The minimum atomic E-state index is -4.89. The molecule has 0 bridgehead atoms. The van der Waals surface area contributed by atoms with Crippen molar-refractivity contribution in [3.63, 3.8) is 0 Å². The van der Waals surface area contributed by atoms with Gasteiger partial charge in [-0.3, -0.25) is 23.2 Å². The maximum Gasteiger partial charge on any atom is 0.472 e. The van der Waals surface area contributed by atoms with E-state index in [9.17, 15) is 33.8 Å². The van der Waals surface area contributed by atoms with Crippen LogP contribution in [0.15, 0.2) is 97.2 Å². The summed E-state index contributed by atoms with van der Waals surface area (Å²) in [7, 11) is -9.74. The van der Waals surface area contributed by atoms with Crippen LogP contribution >= 0.6 is 15.6 Å². The smallest absolute Gasteiger partial charge is 0.462 e. The molecule has 0 aliphatic heterocycles. The van der Waals surface area contributed by atoms with E-state index in [-0.39, 0.29) is 12.8 Å². The molecule has 0 spiro atoms. The highest BCUT2D eigenvalue weighted by Crippen LogP contribution is 2.43. The minimum Gasteiger partial charge on any atom is -0.462 e. The molecule has 0 aliphatic rings. The average molecular weight is 915 g/mol. The van der Waals surface area contributed by atoms with Crippen LogP contribution in [0.2, 0.25) is 0 Å². The van der Waals surface area contributed by atoms with Crippen LogP contribution in [-0.4, -0.2) is 81.6 Å². The normalized spacial score (nSPS) is 15.4. The number of ether oxygens (including phenoxy) is 2. The molecule has 0 saturated heterocycles. The van der Waals surface area contributed by atoms with E-state index < -0.39 is 72.3 Å². The summed E-state index contributed by atoms with van der Waals surface area (Å²) in [5.74, 6) is -1.21. The van der Waals surface area contributed by atoms with Crippen LogP contribution in [0.3, 0.4) is 0 Å². The second-order valence-corrected chi connectivity index (χ2v) is 17.2. The summed E-state index contributed by atoms with van der Waals surface area (Å²) in [6, 6.07) is 0. The number of unbranched alkanes of at least 4 members (excludes halogenated alkanes) is 8. The lowest BCUT2D eigenvalue weighted by molar-refractivity contribution is -0.161. The number of carbonyl (C=O) groups is 2. The fourth-order valence-corrected chi connectivity index (χ4v) is 6.28. The summed E-state index contributed by atoms with van der Waals surface area (Å²) in [6.07, 6.45) is 44.4. The van der Waals surface area contributed by atoms with Crippen LogP contribution in [-0.2, 0) is 41.8 Å². The van der Waals surface area contributed by atoms with E-state index in [0.717, 1.165) is 38.5 Å². The second kappa shape index (κ2) is 40.8. The molecular weight excluding hydrogens is 838 g/mol. The maximum atomic E-state index is 12.6. The molecular formula is C46H76O14P2. The zero-order valence-electron chi connectivity index (χ0n) is 37.0. The molecule has 4 atom stereocenters. The summed E-state index contributed by atoms with van der Waals surface area (Å²) < 4.78 is 47.6. The van der Waals surface area contributed by atoms with E-state index in [1.165, 1.54) is 32.1 Å². The molecule has 0 aromatic heterocycles. The molecule has 0 heterocycles. The highest BCUT2D eigenvalue weighted by atomic mass is 31.2. The van der Waals surface area contributed by atoms with Gasteiger partial charge in [-0.15, -0.1) is 0 Å². The van der Waals surface area contributed by atoms with Gasteiger partial charge in [0.1, 0.15) is 12.7 Å². The first-order valence-electron chi connectivity index (χ1n) is 22.0. The summed E-state index contributed by atoms with van der Waals surface area (Å²) in [4.78, 5) is 52.7. The molecule has 0 aliphatic carbocycles. The van der Waals surface area contributed by atoms with Crippen molar-refractivity contribution in [1.82, 2.24) is 0 Å². The molecule has 0 radical (unpaired) electrons. The molecule has 1 unspecified atom stereocenters. The molecule has 0 saturated carbocycles. The lowest BCUT2D eigenvalue weighted by atomic mass is 10.1. The first-order chi connectivity index (χ1) is 29.8. The molecule has 0 fully saturated rings. The molecule has 5 N–H and O–H groups in total. The van der Waals surface area contributed by atoms with Crippen LogP contribution in [0.1, 0.15) is 136 Å². The lowest BCUT2D eigenvalue weighted by Gasteiger charge is -2.20. The van der Waals surface area contributed by atoms with Gasteiger partial charge in [-0.25, -0.2) is 9.13 Å². The Hall–Kier alpha value is -3.00. The van der Waals surface area contributed by atoms with Gasteiger partial charge < -0.3 is 34.4 Å². The molecule has 0 aromatic carbocycles. The van der Waals surface area contributed by atoms with Crippen molar-refractivity contribution >= 4 is 27.6 Å². The van der Waals surface area contributed by atoms with Gasteiger partial charge in [0.05, 0.1) is 25.9 Å². The number of hydrogen-bond acceptors (Lipinski definition) is 11. The number of carbonyl (C=O) groups excluding carboxylic acids is 2. The van der Waals surface area contributed by atoms with E-state index in [1.807, 2.05) is 48.6 Å². The number of esters is 2. The van der Waals surface area contributed by atoms with Gasteiger partial charge in [0.15, 0.2) is 6.10 Å². The number of allylic oxidation sites excluding steroid dienone is 14. The monoisotopic (exact) mass is 914 g/mol. The van der Waals surface area contributed by atoms with Crippen molar-refractivity contribution < 1.29 is 66.7 Å². The molecule has 0 amide bonds. The third-order valence-electron chi connectivity index (χ3n) is 8.52. The Labute approximate surface area is 371 Å². The SMILES string of the molecule is CCCCC/C=C\C/C=C\C/C=C\C/C=C\CCCC(=O)OC[C@H](COP(=O)(O)OC[C@@H](O)COP(=O)(O)O)OC(=O)CCC/C=C\C/C=C\C=C\[C@@H](O)C/C=C\CCCCC. The Kier molecular flexibility index (Phi) is 38.8. The Morgan fingerprint density at radius 2 is 1.00 bits per heavy atom. The van der Waals surface area contributed by atoms with E-state index in [0.29, 0.717) is 38.5 Å². The fraction of sp³-hybridized carbons (Fsp3) is 0.609. The number of phosphoric ester groups is 2. The van der Waals surface area contributed by atoms with Gasteiger partial charge in [0.2, 0.25) is 0 Å². The van der Waals surface area contributed by atoms with Crippen LogP contribution in [0.4, 0.5) is 0 Å². The third-order valence-corrected chi connectivity index (χ3v) is 9.95. The highest BCUT2D eigenvalue weighted by Gasteiger charge is 2.28. The maximum absolute atomic E-state index is 12.6. The number of hydrogen-bond donors (Lipinski definition) is 5. The summed E-state index contributed by atoms with van der Waals surface area (Å²) in [5, 5.41) is 19.8. The number of aliphatic hydroxyl groups excluding tert-OH is 2. The quantitative estimate of drug-likeness (QED) is 0.0127. The Balaban J connectivity index is 4.78. The van der Waals surface area contributed by atoms with Crippen LogP contribution in [0.5, 0.6) is 0 Å². The second-order valence-electron chi connectivity index (χ2n) is 14.5. The predicted octanol–water partition coefficient (Wildman–Crippen LogP) is 10.3. The molecule has 0 rings (SSSR count). The van der Waals surface area contributed by atoms with Gasteiger partial charge >= 0.3 is 27.6 Å². The van der Waals surface area contributed by atoms with Gasteiger partial charge in [-0.05, 0) is 83.5 Å². The first-order valence-corrected chi connectivity index (χ1v) is 25.1. The third kappa shape index (κ3) is 43.6. The molecule has 16 heteroatoms. The highest BCUT2D eigenvalue weighted by molar-refractivity contribution is 7.47. The fourth-order valence-electron chi connectivity index (χ4n) is 5.12. The van der Waals surface area contributed by atoms with E-state index >= 15 is 0 Å². The predicted molar refractivity (Wildman–Crippen MR) is 245 cm³/mol. The van der Waals surface area contributed by atoms with Crippen molar-refractivity contribution in [2.75, 3.05) is 26.4 Å². The van der Waals surface area contributed by atoms with Crippen LogP contribution < -0.4 is 0 Å². The van der Waals surface area contributed by atoms with Crippen molar-refractivity contribution in [3.8, 4) is 0 Å². The van der Waals surface area contributed by atoms with E-state index in [1.54, 1.807) is 6.08 Å². The zero-order chi connectivity index (χ0) is 46.0. The summed E-state index contributed by atoms with van der Waals surface area (Å²) >= 11 is 0. The molecule has 0 aromatic rings. The first kappa shape index (κ1) is 59.0. The van der Waals surface area contributed by atoms with Crippen molar-refractivity contribution in [3.05, 3.63) is 97.2 Å². The molecule has 62 heavy (non-hydrogen) atoms. The standard InChI is InChI=1S/C46H76O14P2/c1-3-5-7-9-11-12-13-14-15-16-17-18-19-20-24-28-32-36-45(49)56-40-44(41-59-62(54,55)58-39-43(48)38-57-61(51,52)53)60-46(50)37-33-29-25-22-21-23-27-31-35-42(47)34-30-26-10-8-6-4-2/h11-12,14-15,17-18,20,22-27,30-31,35,42-44,47-48H,3-10,13,16,19,21,28-29,32-34,36-41H2,1-2H3,(H,54,55)(H2,51,52,53)/b12-11-,15-14-,18-17-,24-20-,25-22-,27-23-,30-26-,35-31+/t42-,43-,44+/m0/s1. The Bertz CT molecular complexity index is 1480. The largest absolute Gasteiger partial charge is 0.472 e. The zero-order valence-corrected chi connectivity index (χ0v) is 38.8. The minimum absolute atomic E-state index is 0.00638. The Morgan fingerprint density at radius 1 is 0.532 bits per heavy atom. The number of rotatable bonds is 40. The molecule has 354 valence electrons. The van der Waals surface area contributed by atoms with Gasteiger partial charge in [0.25, 0.3) is 0 Å². The van der Waals surface area contributed by atoms with Crippen LogP contribution in [0.25, 0.3) is 0 Å². The number of phosphoric acid groups is 2. The van der Waals surface area contributed by atoms with Gasteiger partial charge in [-0.1, -0.05) is 137 Å². The lowest BCUT2D eigenvalue weighted by Crippen LogP contribution is -2.29. The van der Waals surface area contributed by atoms with E-state index in [2.05, 4.69) is 65.4 Å².